The SMILES string of the molecule is CC(C)(O)[C@@H]1CC[C@](C)([C@@H]2[C@H](O)C[C@@]3(C)[C@@H]4C[C@H](O)[C@@H]5C(C)(C)[C@H](O[C@@H]6O[C@H](CO)[C@@H](O)[C@H](O)[C@H]6O)CC[C@@]56C[C@]46CC[C@]23C)O1. The van der Waals surface area contributed by atoms with Gasteiger partial charge in [0.2, 0.25) is 0 Å². The molecule has 0 aromatic carbocycles. The summed E-state index contributed by atoms with van der Waals surface area (Å²) in [6.07, 6.45) is -0.708. The van der Waals surface area contributed by atoms with Gasteiger partial charge in [-0.05, 0) is 117 Å². The molecule has 0 bridgehead atoms. The topological polar surface area (TPSA) is 169 Å². The zero-order valence-electron chi connectivity index (χ0n) is 28.9. The molecule has 0 aromatic rings. The van der Waals surface area contributed by atoms with Crippen molar-refractivity contribution in [3.63, 3.8) is 0 Å². The molecular formula is C36H60O10. The van der Waals surface area contributed by atoms with Crippen LogP contribution in [0, 0.1) is 44.8 Å². The number of hydrogen-bond donors (Lipinski definition) is 7. The highest BCUT2D eigenvalue weighted by atomic mass is 16.7. The first-order valence-corrected chi connectivity index (χ1v) is 17.9. The maximum Gasteiger partial charge on any atom is 0.186 e. The standard InChI is InChI=1S/C36H60O10/c1-30(2)22(45-29-26(42)25(41)24(40)20(16-37)44-29)9-11-36-17-35(36)13-12-32(5)28(34(7)10-8-23(46-34)31(3,4)43)19(39)15-33(32,6)21(35)14-18(38)27(30)36/h18-29,37-43H,8-17H2,1-7H3/t18-,19+,20+,21-,22+,23-,24+,25-,26+,27+,28+,29-,32+,33-,34+,35+,36+/m0/s1. The van der Waals surface area contributed by atoms with Gasteiger partial charge >= 0.3 is 0 Å². The van der Waals surface area contributed by atoms with Crippen LogP contribution >= 0.6 is 0 Å². The van der Waals surface area contributed by atoms with Gasteiger partial charge in [-0.15, -0.1) is 0 Å². The number of hydrogen-bond acceptors (Lipinski definition) is 10. The molecule has 10 nitrogen and oxygen atoms in total. The normalized spacial score (nSPS) is 59.3. The van der Waals surface area contributed by atoms with Crippen LogP contribution in [0.4, 0.5) is 0 Å². The minimum absolute atomic E-state index is 0.0295. The van der Waals surface area contributed by atoms with Crippen LogP contribution < -0.4 is 0 Å². The summed E-state index contributed by atoms with van der Waals surface area (Å²) >= 11 is 0. The Morgan fingerprint density at radius 2 is 1.48 bits per heavy atom. The zero-order chi connectivity index (χ0) is 33.6. The Morgan fingerprint density at radius 3 is 2.11 bits per heavy atom. The molecule has 2 spiro atoms. The predicted octanol–water partition coefficient (Wildman–Crippen LogP) is 2.26. The largest absolute Gasteiger partial charge is 0.394 e. The van der Waals surface area contributed by atoms with Crippen LogP contribution in [-0.2, 0) is 14.2 Å². The van der Waals surface area contributed by atoms with Crippen molar-refractivity contribution in [1.29, 1.82) is 0 Å². The number of rotatable bonds is 5. The van der Waals surface area contributed by atoms with Gasteiger partial charge < -0.3 is 50.0 Å². The third-order valence-electron chi connectivity index (χ3n) is 15.9. The van der Waals surface area contributed by atoms with Crippen LogP contribution in [-0.4, -0.2) is 109 Å². The lowest BCUT2D eigenvalue weighted by Gasteiger charge is -2.64. The molecule has 2 saturated heterocycles. The first kappa shape index (κ1) is 34.1. The minimum atomic E-state index is -1.50. The van der Waals surface area contributed by atoms with Crippen molar-refractivity contribution in [2.75, 3.05) is 6.61 Å². The summed E-state index contributed by atoms with van der Waals surface area (Å²) in [4.78, 5) is 0. The molecule has 2 heterocycles. The summed E-state index contributed by atoms with van der Waals surface area (Å²) in [7, 11) is 0. The Morgan fingerprint density at radius 1 is 0.783 bits per heavy atom. The summed E-state index contributed by atoms with van der Waals surface area (Å²) in [6, 6.07) is 0. The van der Waals surface area contributed by atoms with Crippen LogP contribution in [0.15, 0.2) is 0 Å². The van der Waals surface area contributed by atoms with Crippen molar-refractivity contribution in [3.05, 3.63) is 0 Å². The van der Waals surface area contributed by atoms with E-state index in [0.717, 1.165) is 38.5 Å². The average Bonchev–Trinajstić information content (AvgIpc) is 3.31. The molecule has 7 aliphatic rings. The van der Waals surface area contributed by atoms with E-state index in [2.05, 4.69) is 34.6 Å². The quantitative estimate of drug-likeness (QED) is 0.219. The maximum absolute atomic E-state index is 12.2. The monoisotopic (exact) mass is 652 g/mol. The van der Waals surface area contributed by atoms with Gasteiger partial charge in [0, 0.05) is 5.92 Å². The van der Waals surface area contributed by atoms with Crippen molar-refractivity contribution in [1.82, 2.24) is 0 Å². The molecule has 46 heavy (non-hydrogen) atoms. The molecule has 10 heteroatoms. The highest BCUT2D eigenvalue weighted by Gasteiger charge is 2.85. The Balaban J connectivity index is 1.15. The van der Waals surface area contributed by atoms with Crippen molar-refractivity contribution >= 4 is 0 Å². The summed E-state index contributed by atoms with van der Waals surface area (Å²) in [5.74, 6) is 0.176. The number of fused-ring (bicyclic) bond motifs is 2. The van der Waals surface area contributed by atoms with Crippen molar-refractivity contribution in [3.8, 4) is 0 Å². The highest BCUT2D eigenvalue weighted by molar-refractivity contribution is 5.33. The summed E-state index contributed by atoms with van der Waals surface area (Å²) in [6.45, 7) is 14.3. The van der Waals surface area contributed by atoms with E-state index in [0.29, 0.717) is 19.3 Å². The van der Waals surface area contributed by atoms with Crippen LogP contribution in [0.25, 0.3) is 0 Å². The molecule has 0 amide bonds. The lowest BCUT2D eigenvalue weighted by molar-refractivity contribution is -0.329. The van der Waals surface area contributed by atoms with Gasteiger partial charge in [-0.2, -0.15) is 0 Å². The highest BCUT2D eigenvalue weighted by Crippen LogP contribution is 2.89. The van der Waals surface area contributed by atoms with Gasteiger partial charge in [-0.25, -0.2) is 0 Å². The molecule has 2 aliphatic heterocycles. The van der Waals surface area contributed by atoms with Crippen LogP contribution in [0.5, 0.6) is 0 Å². The molecule has 7 fully saturated rings. The van der Waals surface area contributed by atoms with E-state index in [4.69, 9.17) is 14.2 Å². The summed E-state index contributed by atoms with van der Waals surface area (Å²) in [5, 5.41) is 75.9. The van der Waals surface area contributed by atoms with Crippen LogP contribution in [0.1, 0.15) is 106 Å². The van der Waals surface area contributed by atoms with E-state index in [9.17, 15) is 35.7 Å². The second-order valence-corrected chi connectivity index (χ2v) is 18.7. The minimum Gasteiger partial charge on any atom is -0.394 e. The van der Waals surface area contributed by atoms with Gasteiger partial charge in [0.1, 0.15) is 24.4 Å². The van der Waals surface area contributed by atoms with E-state index in [1.165, 1.54) is 0 Å². The first-order valence-electron chi connectivity index (χ1n) is 17.9. The van der Waals surface area contributed by atoms with Crippen molar-refractivity contribution in [2.45, 2.75) is 173 Å². The molecule has 264 valence electrons. The van der Waals surface area contributed by atoms with Gasteiger partial charge in [0.25, 0.3) is 0 Å². The van der Waals surface area contributed by atoms with Crippen molar-refractivity contribution < 1.29 is 50.0 Å². The Labute approximate surface area is 273 Å². The van der Waals surface area contributed by atoms with Gasteiger partial charge in [-0.3, -0.25) is 0 Å². The van der Waals surface area contributed by atoms with Crippen molar-refractivity contribution in [2.24, 2.45) is 44.8 Å². The predicted molar refractivity (Wildman–Crippen MR) is 167 cm³/mol. The zero-order valence-corrected chi connectivity index (χ0v) is 28.9. The fourth-order valence-corrected chi connectivity index (χ4v) is 13.7. The second-order valence-electron chi connectivity index (χ2n) is 18.7. The molecule has 7 rings (SSSR count). The summed E-state index contributed by atoms with van der Waals surface area (Å²) in [5.41, 5.74) is -2.26. The Hall–Kier alpha value is -0.400. The van der Waals surface area contributed by atoms with Gasteiger partial charge in [-0.1, -0.05) is 27.7 Å². The van der Waals surface area contributed by atoms with E-state index >= 15 is 0 Å². The molecular weight excluding hydrogens is 592 g/mol. The number of aliphatic hydroxyl groups is 7. The van der Waals surface area contributed by atoms with E-state index in [-0.39, 0.29) is 51.6 Å². The van der Waals surface area contributed by atoms with Crippen LogP contribution in [0.2, 0.25) is 0 Å². The van der Waals surface area contributed by atoms with E-state index in [1.807, 2.05) is 13.8 Å². The molecule has 5 aliphatic carbocycles. The first-order chi connectivity index (χ1) is 21.2. The Kier molecular flexibility index (Phi) is 7.65. The number of ether oxygens (including phenoxy) is 3. The van der Waals surface area contributed by atoms with E-state index < -0.39 is 66.1 Å². The smallest absolute Gasteiger partial charge is 0.186 e. The summed E-state index contributed by atoms with van der Waals surface area (Å²) < 4.78 is 18.8. The van der Waals surface area contributed by atoms with Gasteiger partial charge in [0.05, 0.1) is 42.2 Å². The molecule has 7 N–H and O–H groups in total. The molecule has 0 unspecified atom stereocenters. The number of aliphatic hydroxyl groups excluding tert-OH is 6. The molecule has 0 radical (unpaired) electrons. The van der Waals surface area contributed by atoms with Crippen LogP contribution in [0.3, 0.4) is 0 Å². The molecule has 0 aromatic heterocycles. The Bertz CT molecular complexity index is 1200. The van der Waals surface area contributed by atoms with E-state index in [1.54, 1.807) is 0 Å². The third-order valence-corrected chi connectivity index (χ3v) is 15.9. The maximum atomic E-state index is 12.2. The molecule has 5 saturated carbocycles. The lowest BCUT2D eigenvalue weighted by Crippen LogP contribution is -2.64. The van der Waals surface area contributed by atoms with Gasteiger partial charge in [0.15, 0.2) is 6.29 Å². The third kappa shape index (κ3) is 4.24. The average molecular weight is 653 g/mol. The second kappa shape index (κ2) is 10.3. The lowest BCUT2D eigenvalue weighted by atomic mass is 9.41. The molecule has 17 atom stereocenters. The fourth-order valence-electron chi connectivity index (χ4n) is 13.7. The fraction of sp³-hybridized carbons (Fsp3) is 1.00.